The quantitative estimate of drug-likeness (QED) is 0.621. The van der Waals surface area contributed by atoms with E-state index in [2.05, 4.69) is 15.3 Å². The molecule has 0 aliphatic carbocycles. The Morgan fingerprint density at radius 1 is 1.13 bits per heavy atom. The molecule has 1 aliphatic heterocycles. The van der Waals surface area contributed by atoms with Crippen molar-refractivity contribution in [2.45, 2.75) is 20.8 Å². The maximum absolute atomic E-state index is 12.4. The standard InChI is InChI=1S/C22H22N6O2/c1-4-24-21(29)17-12-27-20(25-17)18(16-10-13(2)28(30)14(3)11-16)19(26-22(27)23)15-8-6-5-7-9-15/h5-12,23,30H,4H2,1-3H3,(H,24,29). The first-order chi connectivity index (χ1) is 14.4. The number of carbonyl (C=O) groups is 1. The highest BCUT2D eigenvalue weighted by Crippen LogP contribution is 2.22. The van der Waals surface area contributed by atoms with Crippen molar-refractivity contribution in [3.05, 3.63) is 76.6 Å². The first-order valence-electron chi connectivity index (χ1n) is 9.62. The van der Waals surface area contributed by atoms with Gasteiger partial charge in [0.15, 0.2) is 5.65 Å². The number of allylic oxidation sites excluding steroid dienone is 4. The number of nitrogens with one attached hydrogen (secondary N) is 2. The Balaban J connectivity index is 2.15. The van der Waals surface area contributed by atoms with Crippen molar-refractivity contribution in [3.63, 3.8) is 0 Å². The number of carbonyl (C=O) groups excluding carboxylic acids is 1. The fourth-order valence-electron chi connectivity index (χ4n) is 3.51. The SMILES string of the molecule is CCNC(=O)c1cn2c(=N)nc(-c3ccccc3)c(=C3C=C(C)N(O)C(C)=C3)c2n1. The molecule has 3 heterocycles. The summed E-state index contributed by atoms with van der Waals surface area (Å²) >= 11 is 0. The number of amides is 1. The van der Waals surface area contributed by atoms with E-state index >= 15 is 0 Å². The fraction of sp³-hybridized carbons (Fsp3) is 0.182. The molecule has 1 aromatic carbocycles. The van der Waals surface area contributed by atoms with Gasteiger partial charge < -0.3 is 5.32 Å². The Hall–Kier alpha value is -3.78. The average Bonchev–Trinajstić information content (AvgIpc) is 3.18. The van der Waals surface area contributed by atoms with Crippen LogP contribution in [-0.2, 0) is 0 Å². The maximum atomic E-state index is 12.4. The van der Waals surface area contributed by atoms with Gasteiger partial charge >= 0.3 is 0 Å². The van der Waals surface area contributed by atoms with E-state index in [1.54, 1.807) is 13.8 Å². The number of aromatic nitrogens is 3. The molecule has 2 aromatic heterocycles. The molecule has 1 aliphatic rings. The lowest BCUT2D eigenvalue weighted by molar-refractivity contribution is -0.0190. The molecule has 8 nitrogen and oxygen atoms in total. The van der Waals surface area contributed by atoms with E-state index in [9.17, 15) is 10.0 Å². The predicted molar refractivity (Wildman–Crippen MR) is 112 cm³/mol. The number of nitrogens with zero attached hydrogens (tertiary/aromatic N) is 4. The first-order valence-corrected chi connectivity index (χ1v) is 9.62. The number of hydrogen-bond donors (Lipinski definition) is 3. The van der Waals surface area contributed by atoms with Gasteiger partial charge in [0.1, 0.15) is 5.69 Å². The van der Waals surface area contributed by atoms with Gasteiger partial charge in [0.25, 0.3) is 5.91 Å². The van der Waals surface area contributed by atoms with Crippen LogP contribution in [-0.4, -0.2) is 37.1 Å². The number of hydrogen-bond acceptors (Lipinski definition) is 6. The van der Waals surface area contributed by atoms with Crippen LogP contribution in [0.4, 0.5) is 0 Å². The topological polar surface area (TPSA) is 107 Å². The Bertz CT molecular complexity index is 1300. The summed E-state index contributed by atoms with van der Waals surface area (Å²) in [7, 11) is 0. The highest BCUT2D eigenvalue weighted by atomic mass is 16.5. The van der Waals surface area contributed by atoms with Gasteiger partial charge in [0, 0.05) is 29.7 Å². The second-order valence-electron chi connectivity index (χ2n) is 7.04. The third-order valence-electron chi connectivity index (χ3n) is 4.92. The molecule has 0 saturated carbocycles. The highest BCUT2D eigenvalue weighted by molar-refractivity contribution is 5.93. The fourth-order valence-corrected chi connectivity index (χ4v) is 3.51. The van der Waals surface area contributed by atoms with Gasteiger partial charge in [0.05, 0.1) is 10.9 Å². The zero-order chi connectivity index (χ0) is 21.4. The minimum Gasteiger partial charge on any atom is -0.351 e. The second kappa shape index (κ2) is 7.57. The molecule has 1 amide bonds. The molecule has 152 valence electrons. The van der Waals surface area contributed by atoms with Gasteiger partial charge in [0.2, 0.25) is 5.62 Å². The van der Waals surface area contributed by atoms with Gasteiger partial charge in [-0.3, -0.25) is 19.8 Å². The lowest BCUT2D eigenvalue weighted by Gasteiger charge is -2.22. The summed E-state index contributed by atoms with van der Waals surface area (Å²) in [5, 5.41) is 23.1. The van der Waals surface area contributed by atoms with E-state index < -0.39 is 0 Å². The van der Waals surface area contributed by atoms with Gasteiger partial charge in [-0.05, 0) is 38.5 Å². The van der Waals surface area contributed by atoms with Crippen LogP contribution in [0.3, 0.4) is 0 Å². The number of hydroxylamine groups is 2. The van der Waals surface area contributed by atoms with Crippen LogP contribution in [0.25, 0.3) is 22.5 Å². The van der Waals surface area contributed by atoms with E-state index in [1.807, 2.05) is 49.4 Å². The van der Waals surface area contributed by atoms with Gasteiger partial charge in [-0.15, -0.1) is 0 Å². The van der Waals surface area contributed by atoms with Gasteiger partial charge in [-0.1, -0.05) is 30.3 Å². The Morgan fingerprint density at radius 2 is 1.80 bits per heavy atom. The molecule has 0 fully saturated rings. The van der Waals surface area contributed by atoms with Crippen LogP contribution in [0.5, 0.6) is 0 Å². The number of rotatable bonds is 3. The molecule has 0 radical (unpaired) electrons. The van der Waals surface area contributed by atoms with Crippen molar-refractivity contribution in [1.82, 2.24) is 24.7 Å². The second-order valence-corrected chi connectivity index (χ2v) is 7.04. The smallest absolute Gasteiger partial charge is 0.271 e. The molecule has 8 heteroatoms. The van der Waals surface area contributed by atoms with E-state index in [0.29, 0.717) is 34.5 Å². The van der Waals surface area contributed by atoms with E-state index in [4.69, 9.17) is 5.41 Å². The zero-order valence-electron chi connectivity index (χ0n) is 17.0. The van der Waals surface area contributed by atoms with Crippen molar-refractivity contribution in [3.8, 4) is 11.3 Å². The zero-order valence-corrected chi connectivity index (χ0v) is 17.0. The van der Waals surface area contributed by atoms with E-state index in [-0.39, 0.29) is 17.2 Å². The van der Waals surface area contributed by atoms with Gasteiger partial charge in [-0.25, -0.2) is 15.0 Å². The summed E-state index contributed by atoms with van der Waals surface area (Å²) in [4.78, 5) is 21.5. The lowest BCUT2D eigenvalue weighted by atomic mass is 10.0. The molecule has 3 aromatic rings. The van der Waals surface area contributed by atoms with Crippen LogP contribution in [0, 0.1) is 5.41 Å². The van der Waals surface area contributed by atoms with Crippen LogP contribution in [0.2, 0.25) is 0 Å². The van der Waals surface area contributed by atoms with Crippen molar-refractivity contribution < 1.29 is 10.0 Å². The van der Waals surface area contributed by atoms with Crippen LogP contribution in [0.15, 0.2) is 60.1 Å². The molecule has 30 heavy (non-hydrogen) atoms. The molecule has 0 unspecified atom stereocenters. The normalized spacial score (nSPS) is 14.0. The Labute approximate surface area is 173 Å². The van der Waals surface area contributed by atoms with Crippen molar-refractivity contribution >= 4 is 17.1 Å². The number of benzene rings is 1. The summed E-state index contributed by atoms with van der Waals surface area (Å²) in [6.45, 7) is 5.92. The third kappa shape index (κ3) is 3.27. The van der Waals surface area contributed by atoms with Crippen LogP contribution >= 0.6 is 0 Å². The van der Waals surface area contributed by atoms with E-state index in [1.165, 1.54) is 10.6 Å². The molecular weight excluding hydrogens is 380 g/mol. The summed E-state index contributed by atoms with van der Waals surface area (Å²) in [5.41, 5.74) is 4.18. The average molecular weight is 402 g/mol. The third-order valence-corrected chi connectivity index (χ3v) is 4.92. The molecular formula is C22H22N6O2. The van der Waals surface area contributed by atoms with E-state index in [0.717, 1.165) is 16.2 Å². The summed E-state index contributed by atoms with van der Waals surface area (Å²) < 4.78 is 1.51. The summed E-state index contributed by atoms with van der Waals surface area (Å²) in [5.74, 6) is -0.304. The highest BCUT2D eigenvalue weighted by Gasteiger charge is 2.19. The van der Waals surface area contributed by atoms with Crippen molar-refractivity contribution in [2.75, 3.05) is 6.54 Å². The molecule has 4 rings (SSSR count). The van der Waals surface area contributed by atoms with Crippen molar-refractivity contribution in [2.24, 2.45) is 0 Å². The van der Waals surface area contributed by atoms with Crippen LogP contribution in [0.1, 0.15) is 31.3 Å². The first kappa shape index (κ1) is 19.5. The van der Waals surface area contributed by atoms with Crippen LogP contribution < -0.4 is 16.2 Å². The minimum absolute atomic E-state index is 0.0164. The molecule has 0 spiro atoms. The largest absolute Gasteiger partial charge is 0.351 e. The molecule has 3 N–H and O–H groups in total. The summed E-state index contributed by atoms with van der Waals surface area (Å²) in [6, 6.07) is 9.57. The lowest BCUT2D eigenvalue weighted by Crippen LogP contribution is -2.28. The Morgan fingerprint density at radius 3 is 2.43 bits per heavy atom. The van der Waals surface area contributed by atoms with Gasteiger partial charge in [-0.2, -0.15) is 0 Å². The minimum atomic E-state index is -0.304. The number of imidazole rings is 1. The molecule has 0 bridgehead atoms. The molecule has 0 atom stereocenters. The Kier molecular flexibility index (Phi) is 4.93. The molecule has 0 saturated heterocycles. The maximum Gasteiger partial charge on any atom is 0.271 e. The monoisotopic (exact) mass is 402 g/mol. The summed E-state index contributed by atoms with van der Waals surface area (Å²) in [6.07, 6.45) is 5.20. The predicted octanol–water partition coefficient (Wildman–Crippen LogP) is 2.01. The van der Waals surface area contributed by atoms with Crippen molar-refractivity contribution in [1.29, 1.82) is 5.41 Å². The number of fused-ring (bicyclic) bond motifs is 1.